The van der Waals surface area contributed by atoms with Crippen molar-refractivity contribution in [2.75, 3.05) is 11.9 Å². The Labute approximate surface area is 204 Å². The molecular weight excluding hydrogens is 450 g/mol. The van der Waals surface area contributed by atoms with Crippen LogP contribution in [0.25, 0.3) is 11.4 Å². The average Bonchev–Trinajstić information content (AvgIpc) is 3.17. The number of hydrogen-bond acceptors (Lipinski definition) is 5. The van der Waals surface area contributed by atoms with Crippen molar-refractivity contribution in [2.24, 2.45) is 5.92 Å². The summed E-state index contributed by atoms with van der Waals surface area (Å²) < 4.78 is 7.76. The molecule has 0 spiro atoms. The molecule has 0 radical (unpaired) electrons. The van der Waals surface area contributed by atoms with Crippen LogP contribution in [0.1, 0.15) is 39.2 Å². The van der Waals surface area contributed by atoms with Crippen molar-refractivity contribution < 1.29 is 14.3 Å². The highest BCUT2D eigenvalue weighted by molar-refractivity contribution is 7.71. The zero-order valence-corrected chi connectivity index (χ0v) is 20.6. The molecule has 0 unspecified atom stereocenters. The number of benzene rings is 2. The fraction of sp³-hybridized carbons (Fsp3) is 0.360. The van der Waals surface area contributed by atoms with Crippen molar-refractivity contribution in [3.8, 4) is 17.1 Å². The number of aromatic amines is 1. The quantitative estimate of drug-likeness (QED) is 0.345. The van der Waals surface area contributed by atoms with Gasteiger partial charge in [0.25, 0.3) is 0 Å². The molecule has 1 heterocycles. The van der Waals surface area contributed by atoms with Crippen molar-refractivity contribution >= 4 is 29.7 Å². The third-order valence-corrected chi connectivity index (χ3v) is 5.35. The van der Waals surface area contributed by atoms with Crippen molar-refractivity contribution in [3.05, 3.63) is 58.9 Å². The number of nitrogens with one attached hydrogen (secondary N) is 3. The number of aromatic nitrogens is 3. The minimum absolute atomic E-state index is 0.0172. The lowest BCUT2D eigenvalue weighted by Crippen LogP contribution is -2.24. The van der Waals surface area contributed by atoms with Gasteiger partial charge in [-0.3, -0.25) is 19.3 Å². The lowest BCUT2D eigenvalue weighted by atomic mass is 10.1. The Morgan fingerprint density at radius 2 is 1.91 bits per heavy atom. The Kier molecular flexibility index (Phi) is 8.98. The summed E-state index contributed by atoms with van der Waals surface area (Å²) in [5.74, 6) is 1.63. The first-order valence-corrected chi connectivity index (χ1v) is 11.8. The van der Waals surface area contributed by atoms with Gasteiger partial charge >= 0.3 is 0 Å². The molecule has 180 valence electrons. The predicted octanol–water partition coefficient (Wildman–Crippen LogP) is 4.70. The maximum atomic E-state index is 12.5. The van der Waals surface area contributed by atoms with E-state index in [0.29, 0.717) is 42.6 Å². The normalized spacial score (nSPS) is 10.8. The highest BCUT2D eigenvalue weighted by Gasteiger charge is 2.11. The molecule has 0 aliphatic heterocycles. The number of rotatable bonds is 11. The molecule has 0 aliphatic rings. The number of carbonyl (C=O) groups excluding carboxylic acids is 2. The van der Waals surface area contributed by atoms with E-state index in [1.54, 1.807) is 0 Å². The summed E-state index contributed by atoms with van der Waals surface area (Å²) in [6.45, 7) is 7.31. The lowest BCUT2D eigenvalue weighted by Gasteiger charge is -2.11. The van der Waals surface area contributed by atoms with E-state index in [4.69, 9.17) is 17.0 Å². The van der Waals surface area contributed by atoms with Crippen LogP contribution < -0.4 is 15.4 Å². The summed E-state index contributed by atoms with van der Waals surface area (Å²) in [4.78, 5) is 24.5. The van der Waals surface area contributed by atoms with Crippen LogP contribution in [0.15, 0.2) is 48.5 Å². The molecule has 0 saturated heterocycles. The summed E-state index contributed by atoms with van der Waals surface area (Å²) >= 11 is 5.36. The van der Waals surface area contributed by atoms with Crippen molar-refractivity contribution in [3.63, 3.8) is 0 Å². The zero-order chi connectivity index (χ0) is 24.5. The maximum absolute atomic E-state index is 12.5. The van der Waals surface area contributed by atoms with Crippen LogP contribution in [0, 0.1) is 10.7 Å². The van der Waals surface area contributed by atoms with Gasteiger partial charge in [0.1, 0.15) is 5.75 Å². The maximum Gasteiger partial charge on any atom is 0.224 e. The van der Waals surface area contributed by atoms with Gasteiger partial charge in [0.15, 0.2) is 10.6 Å². The van der Waals surface area contributed by atoms with Gasteiger partial charge in [-0.1, -0.05) is 26.0 Å². The van der Waals surface area contributed by atoms with Crippen LogP contribution in [-0.2, 0) is 22.7 Å². The SMILES string of the molecule is CCOc1ccc(-c2n[nH]c(=S)n2CCC(=O)NCc2cccc(NC(=O)CC(C)C)c2)cc1. The summed E-state index contributed by atoms with van der Waals surface area (Å²) in [6.07, 6.45) is 0.721. The smallest absolute Gasteiger partial charge is 0.224 e. The van der Waals surface area contributed by atoms with E-state index >= 15 is 0 Å². The van der Waals surface area contributed by atoms with Gasteiger partial charge in [-0.05, 0) is 67.0 Å². The Bertz CT molecular complexity index is 1170. The van der Waals surface area contributed by atoms with E-state index in [2.05, 4.69) is 20.8 Å². The monoisotopic (exact) mass is 481 g/mol. The van der Waals surface area contributed by atoms with Gasteiger partial charge in [0.2, 0.25) is 11.8 Å². The second-order valence-corrected chi connectivity index (χ2v) is 8.72. The molecule has 8 nitrogen and oxygen atoms in total. The van der Waals surface area contributed by atoms with Gasteiger partial charge in [-0.25, -0.2) is 0 Å². The Morgan fingerprint density at radius 1 is 1.15 bits per heavy atom. The van der Waals surface area contributed by atoms with Crippen molar-refractivity contribution in [1.29, 1.82) is 0 Å². The predicted molar refractivity (Wildman–Crippen MR) is 135 cm³/mol. The molecule has 2 aromatic carbocycles. The highest BCUT2D eigenvalue weighted by atomic mass is 32.1. The molecular formula is C25H31N5O3S. The zero-order valence-electron chi connectivity index (χ0n) is 19.8. The molecule has 0 fully saturated rings. The first-order chi connectivity index (χ1) is 16.4. The van der Waals surface area contributed by atoms with E-state index < -0.39 is 0 Å². The van der Waals surface area contributed by atoms with E-state index in [9.17, 15) is 9.59 Å². The summed E-state index contributed by atoms with van der Waals surface area (Å²) in [6, 6.07) is 15.1. The molecule has 34 heavy (non-hydrogen) atoms. The summed E-state index contributed by atoms with van der Waals surface area (Å²) in [5.41, 5.74) is 2.51. The van der Waals surface area contributed by atoms with Crippen LogP contribution in [0.3, 0.4) is 0 Å². The second-order valence-electron chi connectivity index (χ2n) is 8.33. The largest absolute Gasteiger partial charge is 0.494 e. The molecule has 3 aromatic rings. The molecule has 3 rings (SSSR count). The van der Waals surface area contributed by atoms with Gasteiger partial charge in [-0.2, -0.15) is 5.10 Å². The van der Waals surface area contributed by atoms with Crippen LogP contribution in [0.4, 0.5) is 5.69 Å². The number of ether oxygens (including phenoxy) is 1. The first-order valence-electron chi connectivity index (χ1n) is 11.4. The third-order valence-electron chi connectivity index (χ3n) is 5.04. The van der Waals surface area contributed by atoms with Gasteiger partial charge in [0.05, 0.1) is 6.61 Å². The third kappa shape index (κ3) is 7.28. The number of H-pyrrole nitrogens is 1. The average molecular weight is 482 g/mol. The standard InChI is InChI=1S/C25H31N5O3S/c1-4-33-21-10-8-19(9-11-21)24-28-29-25(34)30(24)13-12-22(31)26-16-18-6-5-7-20(15-18)27-23(32)14-17(2)3/h5-11,15,17H,4,12-14,16H2,1-3H3,(H,26,31)(H,27,32)(H,29,34). The number of anilines is 1. The Hall–Kier alpha value is -3.46. The molecule has 1 aromatic heterocycles. The van der Waals surface area contributed by atoms with Crippen LogP contribution >= 0.6 is 12.2 Å². The van der Waals surface area contributed by atoms with E-state index in [-0.39, 0.29) is 18.2 Å². The van der Waals surface area contributed by atoms with Crippen LogP contribution in [-0.4, -0.2) is 33.2 Å². The Balaban J connectivity index is 1.55. The molecule has 0 aliphatic carbocycles. The Morgan fingerprint density at radius 3 is 2.62 bits per heavy atom. The van der Waals surface area contributed by atoms with Crippen molar-refractivity contribution in [2.45, 2.75) is 46.7 Å². The van der Waals surface area contributed by atoms with E-state index in [1.165, 1.54) is 0 Å². The number of hydrogen-bond donors (Lipinski definition) is 3. The number of amides is 2. The minimum Gasteiger partial charge on any atom is -0.494 e. The van der Waals surface area contributed by atoms with Crippen LogP contribution in [0.2, 0.25) is 0 Å². The number of carbonyl (C=O) groups is 2. The fourth-order valence-corrected chi connectivity index (χ4v) is 3.68. The molecule has 3 N–H and O–H groups in total. The van der Waals surface area contributed by atoms with Crippen LogP contribution in [0.5, 0.6) is 5.75 Å². The molecule has 0 atom stereocenters. The number of nitrogens with zero attached hydrogens (tertiary/aromatic N) is 2. The van der Waals surface area contributed by atoms with E-state index in [0.717, 1.165) is 22.6 Å². The molecule has 0 bridgehead atoms. The molecule has 9 heteroatoms. The van der Waals surface area contributed by atoms with Crippen molar-refractivity contribution in [1.82, 2.24) is 20.1 Å². The lowest BCUT2D eigenvalue weighted by molar-refractivity contribution is -0.121. The first kappa shape index (κ1) is 25.2. The molecule has 0 saturated carbocycles. The van der Waals surface area contributed by atoms with Gasteiger partial charge < -0.3 is 15.4 Å². The second kappa shape index (κ2) is 12.1. The summed E-state index contributed by atoms with van der Waals surface area (Å²) in [5, 5.41) is 13.0. The topological polar surface area (TPSA) is 101 Å². The van der Waals surface area contributed by atoms with Gasteiger partial charge in [-0.15, -0.1) is 0 Å². The van der Waals surface area contributed by atoms with Gasteiger partial charge in [0, 0.05) is 37.2 Å². The summed E-state index contributed by atoms with van der Waals surface area (Å²) in [7, 11) is 0. The fourth-order valence-electron chi connectivity index (χ4n) is 3.46. The van der Waals surface area contributed by atoms with E-state index in [1.807, 2.05) is 73.9 Å². The minimum atomic E-state index is -0.102. The highest BCUT2D eigenvalue weighted by Crippen LogP contribution is 2.21. The molecule has 2 amide bonds.